The summed E-state index contributed by atoms with van der Waals surface area (Å²) in [6.45, 7) is 4.53. The van der Waals surface area contributed by atoms with Crippen LogP contribution in [0.1, 0.15) is 50.4 Å². The fourth-order valence-electron chi connectivity index (χ4n) is 3.40. The summed E-state index contributed by atoms with van der Waals surface area (Å²) in [6.07, 6.45) is 5.46. The number of nitrogens with zero attached hydrogens (tertiary/aromatic N) is 1. The molecule has 0 aromatic carbocycles. The topological polar surface area (TPSA) is 29.3 Å². The average Bonchev–Trinajstić information content (AvgIpc) is 2.82. The smallest absolute Gasteiger partial charge is 0.0590 e. The molecule has 0 bridgehead atoms. The van der Waals surface area contributed by atoms with Gasteiger partial charge in [0.2, 0.25) is 0 Å². The van der Waals surface area contributed by atoms with Crippen LogP contribution in [0.2, 0.25) is 0 Å². The molecule has 1 aromatic rings. The largest absolute Gasteiger partial charge is 0.326 e. The molecule has 0 spiro atoms. The van der Waals surface area contributed by atoms with E-state index in [1.807, 2.05) is 11.3 Å². The first-order valence-electron chi connectivity index (χ1n) is 7.12. The van der Waals surface area contributed by atoms with Gasteiger partial charge in [0.15, 0.2) is 0 Å². The lowest BCUT2D eigenvalue weighted by molar-refractivity contribution is 0.0875. The zero-order valence-corrected chi connectivity index (χ0v) is 12.6. The lowest BCUT2D eigenvalue weighted by Gasteiger charge is -2.42. The van der Waals surface area contributed by atoms with E-state index in [2.05, 4.69) is 43.3 Å². The molecule has 1 aliphatic carbocycles. The van der Waals surface area contributed by atoms with E-state index in [1.54, 1.807) is 0 Å². The molecule has 1 aliphatic rings. The van der Waals surface area contributed by atoms with Gasteiger partial charge in [0.25, 0.3) is 0 Å². The maximum absolute atomic E-state index is 6.25. The van der Waals surface area contributed by atoms with Crippen LogP contribution in [0.3, 0.4) is 0 Å². The molecule has 4 unspecified atom stereocenters. The zero-order chi connectivity index (χ0) is 13.1. The molecule has 4 atom stereocenters. The van der Waals surface area contributed by atoms with Gasteiger partial charge in [0.05, 0.1) is 6.04 Å². The van der Waals surface area contributed by atoms with Crippen molar-refractivity contribution in [3.05, 3.63) is 22.4 Å². The molecular weight excluding hydrogens is 240 g/mol. The van der Waals surface area contributed by atoms with Crippen molar-refractivity contribution in [2.45, 2.75) is 57.7 Å². The number of hydrogen-bond donors (Lipinski definition) is 1. The zero-order valence-electron chi connectivity index (χ0n) is 11.8. The van der Waals surface area contributed by atoms with E-state index < -0.39 is 0 Å². The molecule has 1 heterocycles. The number of nitrogens with two attached hydrogens (primary N) is 1. The summed E-state index contributed by atoms with van der Waals surface area (Å²) >= 11 is 1.83. The van der Waals surface area contributed by atoms with Gasteiger partial charge in [-0.1, -0.05) is 25.8 Å². The molecule has 3 heteroatoms. The van der Waals surface area contributed by atoms with Gasteiger partial charge < -0.3 is 5.73 Å². The number of thiophene rings is 1. The maximum atomic E-state index is 6.25. The number of rotatable bonds is 4. The summed E-state index contributed by atoms with van der Waals surface area (Å²) in [5.41, 5.74) is 6.25. The summed E-state index contributed by atoms with van der Waals surface area (Å²) in [5.74, 6) is 0.796. The molecule has 0 amide bonds. The van der Waals surface area contributed by atoms with Crippen molar-refractivity contribution in [3.8, 4) is 0 Å². The van der Waals surface area contributed by atoms with Gasteiger partial charge >= 0.3 is 0 Å². The number of likely N-dealkylation sites (N-methyl/N-ethyl adjacent to an activating group) is 1. The van der Waals surface area contributed by atoms with E-state index in [0.29, 0.717) is 12.1 Å². The van der Waals surface area contributed by atoms with Crippen LogP contribution in [0.4, 0.5) is 0 Å². The van der Waals surface area contributed by atoms with Crippen molar-refractivity contribution in [1.29, 1.82) is 0 Å². The highest BCUT2D eigenvalue weighted by molar-refractivity contribution is 7.10. The average molecular weight is 266 g/mol. The molecular formula is C15H26N2S. The van der Waals surface area contributed by atoms with Crippen LogP contribution in [0.25, 0.3) is 0 Å². The van der Waals surface area contributed by atoms with Crippen LogP contribution in [-0.2, 0) is 0 Å². The predicted molar refractivity (Wildman–Crippen MR) is 79.9 cm³/mol. The van der Waals surface area contributed by atoms with Crippen LogP contribution in [0.15, 0.2) is 17.5 Å². The molecule has 0 radical (unpaired) electrons. The molecule has 0 aliphatic heterocycles. The first-order chi connectivity index (χ1) is 8.61. The monoisotopic (exact) mass is 266 g/mol. The third-order valence-electron chi connectivity index (χ3n) is 4.36. The summed E-state index contributed by atoms with van der Waals surface area (Å²) in [7, 11) is 2.26. The second-order valence-electron chi connectivity index (χ2n) is 5.81. The standard InChI is InChI=1S/C15H26N2S/c1-11-7-4-5-8-13(11)17(3)15(12(2)16)14-9-6-10-18-14/h6,9-13,15H,4-5,7-8,16H2,1-3H3. The first kappa shape index (κ1) is 14.0. The Balaban J connectivity index is 2.15. The third kappa shape index (κ3) is 2.95. The highest BCUT2D eigenvalue weighted by Crippen LogP contribution is 2.34. The van der Waals surface area contributed by atoms with Crippen LogP contribution in [0, 0.1) is 5.92 Å². The summed E-state index contributed by atoms with van der Waals surface area (Å²) in [5, 5.41) is 2.16. The Kier molecular flexibility index (Phi) is 4.82. The van der Waals surface area contributed by atoms with Crippen molar-refractivity contribution in [3.63, 3.8) is 0 Å². The van der Waals surface area contributed by atoms with Crippen LogP contribution < -0.4 is 5.73 Å². The van der Waals surface area contributed by atoms with E-state index in [-0.39, 0.29) is 6.04 Å². The molecule has 2 rings (SSSR count). The Morgan fingerprint density at radius 3 is 2.67 bits per heavy atom. The second kappa shape index (κ2) is 6.18. The normalized spacial score (nSPS) is 28.3. The third-order valence-corrected chi connectivity index (χ3v) is 5.30. The predicted octanol–water partition coefficient (Wildman–Crippen LogP) is 3.65. The van der Waals surface area contributed by atoms with Crippen LogP contribution in [0.5, 0.6) is 0 Å². The van der Waals surface area contributed by atoms with Gasteiger partial charge in [-0.2, -0.15) is 0 Å². The molecule has 0 saturated heterocycles. The molecule has 18 heavy (non-hydrogen) atoms. The molecule has 102 valence electrons. The van der Waals surface area contributed by atoms with Crippen molar-refractivity contribution in [1.82, 2.24) is 4.90 Å². The second-order valence-corrected chi connectivity index (χ2v) is 6.79. The van der Waals surface area contributed by atoms with Gasteiger partial charge in [-0.3, -0.25) is 4.90 Å². The SMILES string of the molecule is CC(N)C(c1cccs1)N(C)C1CCCCC1C. The highest BCUT2D eigenvalue weighted by Gasteiger charge is 2.32. The Bertz CT molecular complexity index is 347. The van der Waals surface area contributed by atoms with Crippen molar-refractivity contribution < 1.29 is 0 Å². The molecule has 1 saturated carbocycles. The van der Waals surface area contributed by atoms with Gasteiger partial charge in [0.1, 0.15) is 0 Å². The fraction of sp³-hybridized carbons (Fsp3) is 0.733. The van der Waals surface area contributed by atoms with Crippen LogP contribution >= 0.6 is 11.3 Å². The molecule has 1 aromatic heterocycles. The van der Waals surface area contributed by atoms with Gasteiger partial charge in [-0.05, 0) is 44.2 Å². The van der Waals surface area contributed by atoms with E-state index >= 15 is 0 Å². The Morgan fingerprint density at radius 2 is 2.11 bits per heavy atom. The lowest BCUT2D eigenvalue weighted by Crippen LogP contribution is -2.46. The fourth-order valence-corrected chi connectivity index (χ4v) is 4.39. The lowest BCUT2D eigenvalue weighted by atomic mass is 9.84. The van der Waals surface area contributed by atoms with Gasteiger partial charge in [-0.25, -0.2) is 0 Å². The summed E-state index contributed by atoms with van der Waals surface area (Å²) in [4.78, 5) is 3.95. The molecule has 1 fully saturated rings. The minimum atomic E-state index is 0.183. The molecule has 2 N–H and O–H groups in total. The van der Waals surface area contributed by atoms with Crippen molar-refractivity contribution in [2.24, 2.45) is 11.7 Å². The minimum absolute atomic E-state index is 0.183. The van der Waals surface area contributed by atoms with Crippen molar-refractivity contribution in [2.75, 3.05) is 7.05 Å². The minimum Gasteiger partial charge on any atom is -0.326 e. The van der Waals surface area contributed by atoms with E-state index in [4.69, 9.17) is 5.73 Å². The summed E-state index contributed by atoms with van der Waals surface area (Å²) in [6, 6.07) is 5.60. The van der Waals surface area contributed by atoms with Crippen LogP contribution in [-0.4, -0.2) is 24.0 Å². The Hall–Kier alpha value is -0.380. The Morgan fingerprint density at radius 1 is 1.39 bits per heavy atom. The number of hydrogen-bond acceptors (Lipinski definition) is 3. The van der Waals surface area contributed by atoms with Gasteiger partial charge in [0, 0.05) is 17.0 Å². The van der Waals surface area contributed by atoms with E-state index in [0.717, 1.165) is 5.92 Å². The van der Waals surface area contributed by atoms with Gasteiger partial charge in [-0.15, -0.1) is 11.3 Å². The first-order valence-corrected chi connectivity index (χ1v) is 8.00. The van der Waals surface area contributed by atoms with Crippen molar-refractivity contribution >= 4 is 11.3 Å². The molecule has 2 nitrogen and oxygen atoms in total. The quantitative estimate of drug-likeness (QED) is 0.901. The van der Waals surface area contributed by atoms with E-state index in [9.17, 15) is 0 Å². The maximum Gasteiger partial charge on any atom is 0.0590 e. The van der Waals surface area contributed by atoms with E-state index in [1.165, 1.54) is 30.6 Å². The highest BCUT2D eigenvalue weighted by atomic mass is 32.1. The summed E-state index contributed by atoms with van der Waals surface area (Å²) < 4.78 is 0. The Labute approximate surface area is 115 Å².